The van der Waals surface area contributed by atoms with Crippen LogP contribution < -0.4 is 5.32 Å². The van der Waals surface area contributed by atoms with Crippen molar-refractivity contribution >= 4 is 0 Å². The van der Waals surface area contributed by atoms with Crippen molar-refractivity contribution in [1.29, 1.82) is 0 Å². The molecule has 4 heteroatoms. The summed E-state index contributed by atoms with van der Waals surface area (Å²) in [5.74, 6) is -2.41. The molecule has 2 aliphatic heterocycles. The molecule has 2 nitrogen and oxygen atoms in total. The lowest BCUT2D eigenvalue weighted by molar-refractivity contribution is -0.0566. The fraction of sp³-hybridized carbons (Fsp3) is 1.00. The van der Waals surface area contributed by atoms with Crippen LogP contribution in [0.3, 0.4) is 0 Å². The molecule has 2 aliphatic rings. The van der Waals surface area contributed by atoms with E-state index in [-0.39, 0.29) is 12.8 Å². The predicted molar refractivity (Wildman–Crippen MR) is 56.3 cm³/mol. The second-order valence-electron chi connectivity index (χ2n) is 4.80. The minimum Gasteiger partial charge on any atom is -0.313 e. The van der Waals surface area contributed by atoms with Gasteiger partial charge in [0.05, 0.1) is 0 Å². The maximum absolute atomic E-state index is 12.9. The van der Waals surface area contributed by atoms with Crippen LogP contribution in [0, 0.1) is 0 Å². The molecular formula is C11H20F2N2. The summed E-state index contributed by atoms with van der Waals surface area (Å²) >= 11 is 0. The number of halogens is 2. The van der Waals surface area contributed by atoms with Crippen molar-refractivity contribution in [2.24, 2.45) is 0 Å². The van der Waals surface area contributed by atoms with E-state index in [1.165, 1.54) is 19.3 Å². The molecule has 0 aromatic heterocycles. The predicted octanol–water partition coefficient (Wildman–Crippen LogP) is 1.86. The Morgan fingerprint density at radius 2 is 1.93 bits per heavy atom. The monoisotopic (exact) mass is 218 g/mol. The van der Waals surface area contributed by atoms with Crippen molar-refractivity contribution in [1.82, 2.24) is 10.2 Å². The summed E-state index contributed by atoms with van der Waals surface area (Å²) in [5.41, 5.74) is 0. The maximum atomic E-state index is 12.9. The SMILES string of the molecule is FC1(F)CCN(CC2CCCCN2)CC1. The van der Waals surface area contributed by atoms with E-state index in [1.807, 2.05) is 0 Å². The first-order chi connectivity index (χ1) is 7.16. The standard InChI is InChI=1S/C11H20F2N2/c12-11(13)4-7-15(8-5-11)9-10-3-1-2-6-14-10/h10,14H,1-9H2. The molecule has 0 aromatic rings. The zero-order chi connectivity index (χ0) is 10.7. The zero-order valence-corrected chi connectivity index (χ0v) is 9.14. The van der Waals surface area contributed by atoms with Gasteiger partial charge in [0.15, 0.2) is 0 Å². The van der Waals surface area contributed by atoms with Gasteiger partial charge in [0, 0.05) is 38.5 Å². The van der Waals surface area contributed by atoms with Gasteiger partial charge in [0.25, 0.3) is 5.92 Å². The van der Waals surface area contributed by atoms with Gasteiger partial charge in [-0.15, -0.1) is 0 Å². The number of rotatable bonds is 2. The summed E-state index contributed by atoms with van der Waals surface area (Å²) in [6.07, 6.45) is 3.82. The van der Waals surface area contributed by atoms with Crippen LogP contribution in [0.1, 0.15) is 32.1 Å². The van der Waals surface area contributed by atoms with Crippen LogP contribution in [0.5, 0.6) is 0 Å². The first-order valence-corrected chi connectivity index (χ1v) is 5.99. The minimum absolute atomic E-state index is 0.0414. The third-order valence-electron chi connectivity index (χ3n) is 3.48. The van der Waals surface area contributed by atoms with E-state index in [0.29, 0.717) is 19.1 Å². The van der Waals surface area contributed by atoms with Crippen molar-refractivity contribution in [3.63, 3.8) is 0 Å². The average molecular weight is 218 g/mol. The van der Waals surface area contributed by atoms with Crippen molar-refractivity contribution in [2.45, 2.75) is 44.1 Å². The van der Waals surface area contributed by atoms with Crippen LogP contribution in [0.4, 0.5) is 8.78 Å². The van der Waals surface area contributed by atoms with E-state index >= 15 is 0 Å². The molecule has 1 atom stereocenters. The van der Waals surface area contributed by atoms with Gasteiger partial charge in [0.1, 0.15) is 0 Å². The molecule has 0 amide bonds. The molecule has 15 heavy (non-hydrogen) atoms. The lowest BCUT2D eigenvalue weighted by Crippen LogP contribution is -2.47. The number of nitrogens with one attached hydrogen (secondary N) is 1. The van der Waals surface area contributed by atoms with Crippen LogP contribution in [0.15, 0.2) is 0 Å². The van der Waals surface area contributed by atoms with Crippen LogP contribution in [-0.4, -0.2) is 43.0 Å². The van der Waals surface area contributed by atoms with Gasteiger partial charge in [-0.05, 0) is 19.4 Å². The molecular weight excluding hydrogens is 198 g/mol. The first-order valence-electron chi connectivity index (χ1n) is 5.99. The molecule has 2 rings (SSSR count). The van der Waals surface area contributed by atoms with E-state index in [1.54, 1.807) is 0 Å². The molecule has 2 fully saturated rings. The van der Waals surface area contributed by atoms with Gasteiger partial charge < -0.3 is 10.2 Å². The van der Waals surface area contributed by atoms with Crippen LogP contribution in [-0.2, 0) is 0 Å². The molecule has 88 valence electrons. The summed E-state index contributed by atoms with van der Waals surface area (Å²) in [6, 6.07) is 0.533. The summed E-state index contributed by atoms with van der Waals surface area (Å²) in [6.45, 7) is 3.17. The smallest absolute Gasteiger partial charge is 0.250 e. The summed E-state index contributed by atoms with van der Waals surface area (Å²) < 4.78 is 25.8. The topological polar surface area (TPSA) is 15.3 Å². The molecule has 0 aromatic carbocycles. The highest BCUT2D eigenvalue weighted by Gasteiger charge is 2.34. The number of likely N-dealkylation sites (tertiary alicyclic amines) is 1. The number of nitrogens with zero attached hydrogens (tertiary/aromatic N) is 1. The highest BCUT2D eigenvalue weighted by molar-refractivity contribution is 4.82. The molecule has 0 radical (unpaired) electrons. The molecule has 1 N–H and O–H groups in total. The van der Waals surface area contributed by atoms with E-state index < -0.39 is 5.92 Å². The Bertz CT molecular complexity index is 193. The highest BCUT2D eigenvalue weighted by atomic mass is 19.3. The quantitative estimate of drug-likeness (QED) is 0.761. The van der Waals surface area contributed by atoms with E-state index in [4.69, 9.17) is 0 Å². The molecule has 2 heterocycles. The third kappa shape index (κ3) is 3.38. The Kier molecular flexibility index (Phi) is 3.57. The molecule has 2 saturated heterocycles. The number of hydrogen-bond donors (Lipinski definition) is 1. The summed E-state index contributed by atoms with van der Waals surface area (Å²) in [7, 11) is 0. The van der Waals surface area contributed by atoms with E-state index in [0.717, 1.165) is 13.1 Å². The Morgan fingerprint density at radius 1 is 1.20 bits per heavy atom. The van der Waals surface area contributed by atoms with Gasteiger partial charge in [-0.25, -0.2) is 8.78 Å². The van der Waals surface area contributed by atoms with Gasteiger partial charge in [0.2, 0.25) is 0 Å². The fourth-order valence-corrected chi connectivity index (χ4v) is 2.45. The first kappa shape index (κ1) is 11.3. The lowest BCUT2D eigenvalue weighted by atomic mass is 10.0. The minimum atomic E-state index is -2.41. The van der Waals surface area contributed by atoms with Crippen molar-refractivity contribution < 1.29 is 8.78 Å². The lowest BCUT2D eigenvalue weighted by Gasteiger charge is -2.35. The van der Waals surface area contributed by atoms with Gasteiger partial charge >= 0.3 is 0 Å². The Balaban J connectivity index is 1.71. The van der Waals surface area contributed by atoms with Crippen LogP contribution >= 0.6 is 0 Å². The number of alkyl halides is 2. The fourth-order valence-electron chi connectivity index (χ4n) is 2.45. The maximum Gasteiger partial charge on any atom is 0.250 e. The van der Waals surface area contributed by atoms with Crippen molar-refractivity contribution in [3.05, 3.63) is 0 Å². The number of piperidine rings is 2. The Hall–Kier alpha value is -0.220. The van der Waals surface area contributed by atoms with Crippen molar-refractivity contribution in [3.8, 4) is 0 Å². The molecule has 1 unspecified atom stereocenters. The zero-order valence-electron chi connectivity index (χ0n) is 9.14. The Labute approximate surface area is 90.0 Å². The average Bonchev–Trinajstić information content (AvgIpc) is 2.23. The Morgan fingerprint density at radius 3 is 2.53 bits per heavy atom. The third-order valence-corrected chi connectivity index (χ3v) is 3.48. The number of hydrogen-bond acceptors (Lipinski definition) is 2. The molecule has 0 saturated carbocycles. The van der Waals surface area contributed by atoms with Gasteiger partial charge in [-0.3, -0.25) is 0 Å². The summed E-state index contributed by atoms with van der Waals surface area (Å²) in [5, 5.41) is 3.46. The molecule has 0 spiro atoms. The highest BCUT2D eigenvalue weighted by Crippen LogP contribution is 2.27. The second kappa shape index (κ2) is 4.74. The van der Waals surface area contributed by atoms with E-state index in [9.17, 15) is 8.78 Å². The second-order valence-corrected chi connectivity index (χ2v) is 4.80. The molecule has 0 aliphatic carbocycles. The molecule has 0 bridgehead atoms. The van der Waals surface area contributed by atoms with E-state index in [2.05, 4.69) is 10.2 Å². The van der Waals surface area contributed by atoms with Gasteiger partial charge in [-0.1, -0.05) is 6.42 Å². The van der Waals surface area contributed by atoms with Crippen molar-refractivity contribution in [2.75, 3.05) is 26.2 Å². The van der Waals surface area contributed by atoms with Gasteiger partial charge in [-0.2, -0.15) is 0 Å². The largest absolute Gasteiger partial charge is 0.313 e. The summed E-state index contributed by atoms with van der Waals surface area (Å²) in [4.78, 5) is 2.18. The normalized spacial score (nSPS) is 32.8. The van der Waals surface area contributed by atoms with Crippen LogP contribution in [0.2, 0.25) is 0 Å². The van der Waals surface area contributed by atoms with Crippen LogP contribution in [0.25, 0.3) is 0 Å².